The first-order valence-electron chi connectivity index (χ1n) is 5.36. The van der Waals surface area contributed by atoms with Crippen molar-refractivity contribution in [3.8, 4) is 0 Å². The predicted molar refractivity (Wildman–Crippen MR) is 72.9 cm³/mol. The maximum Gasteiger partial charge on any atom is 0.161 e. The maximum atomic E-state index is 5.99. The summed E-state index contributed by atoms with van der Waals surface area (Å²) in [5, 5.41) is 8.77. The number of rotatable bonds is 5. The Morgan fingerprint density at radius 3 is 2.95 bits per heavy atom. The molecule has 6 nitrogen and oxygen atoms in total. The van der Waals surface area contributed by atoms with Crippen LogP contribution in [0.5, 0.6) is 0 Å². The first-order chi connectivity index (χ1) is 9.15. The lowest BCUT2D eigenvalue weighted by Crippen LogP contribution is -2.20. The van der Waals surface area contributed by atoms with Crippen LogP contribution in [0.4, 0.5) is 0 Å². The lowest BCUT2D eigenvalue weighted by molar-refractivity contribution is 0.129. The van der Waals surface area contributed by atoms with E-state index in [0.717, 1.165) is 5.56 Å². The summed E-state index contributed by atoms with van der Waals surface area (Å²) in [4.78, 5) is 8.92. The summed E-state index contributed by atoms with van der Waals surface area (Å²) in [5.74, 6) is 0.288. The van der Waals surface area contributed by atoms with Gasteiger partial charge in [0.25, 0.3) is 0 Å². The molecule has 0 amide bonds. The lowest BCUT2D eigenvalue weighted by Gasteiger charge is -2.04. The number of halogens is 2. The van der Waals surface area contributed by atoms with Gasteiger partial charge in [-0.05, 0) is 12.1 Å². The summed E-state index contributed by atoms with van der Waals surface area (Å²) in [6.45, 7) is 0.530. The van der Waals surface area contributed by atoms with Gasteiger partial charge in [-0.25, -0.2) is 9.67 Å². The molecule has 0 spiro atoms. The number of aromatic nitrogens is 3. The molecule has 2 N–H and O–H groups in total. The van der Waals surface area contributed by atoms with Crippen LogP contribution in [0.25, 0.3) is 0 Å². The average molecular weight is 300 g/mol. The SMILES string of the molecule is NC(Cn1cncn1)=NOCc1ccc(Cl)cc1Cl. The summed E-state index contributed by atoms with van der Waals surface area (Å²) in [6, 6.07) is 5.15. The number of benzene rings is 1. The van der Waals surface area contributed by atoms with Crippen molar-refractivity contribution in [2.45, 2.75) is 13.2 Å². The fourth-order valence-electron chi connectivity index (χ4n) is 1.33. The Labute approximate surface area is 119 Å². The molecule has 0 aliphatic rings. The van der Waals surface area contributed by atoms with Crippen LogP contribution in [0.15, 0.2) is 36.0 Å². The van der Waals surface area contributed by atoms with Crippen molar-refractivity contribution in [1.29, 1.82) is 0 Å². The maximum absolute atomic E-state index is 5.99. The molecule has 0 saturated carbocycles. The monoisotopic (exact) mass is 299 g/mol. The molecule has 0 bridgehead atoms. The van der Waals surface area contributed by atoms with E-state index in [2.05, 4.69) is 15.2 Å². The molecule has 0 atom stereocenters. The molecule has 0 unspecified atom stereocenters. The van der Waals surface area contributed by atoms with E-state index in [-0.39, 0.29) is 12.4 Å². The van der Waals surface area contributed by atoms with Crippen LogP contribution in [0.1, 0.15) is 5.56 Å². The Kier molecular flexibility index (Phi) is 4.59. The van der Waals surface area contributed by atoms with Crippen molar-refractivity contribution in [2.24, 2.45) is 10.9 Å². The van der Waals surface area contributed by atoms with Crippen LogP contribution in [-0.4, -0.2) is 20.6 Å². The van der Waals surface area contributed by atoms with Gasteiger partial charge < -0.3 is 10.6 Å². The Morgan fingerprint density at radius 1 is 1.42 bits per heavy atom. The van der Waals surface area contributed by atoms with Gasteiger partial charge in [-0.15, -0.1) is 0 Å². The normalized spacial score (nSPS) is 11.6. The van der Waals surface area contributed by atoms with E-state index in [9.17, 15) is 0 Å². The molecule has 8 heteroatoms. The van der Waals surface area contributed by atoms with Crippen molar-refractivity contribution < 1.29 is 4.84 Å². The highest BCUT2D eigenvalue weighted by atomic mass is 35.5. The Balaban J connectivity index is 1.88. The standard InChI is InChI=1S/C11H11Cl2N5O/c12-9-2-1-8(10(13)3-9)5-19-17-11(14)4-18-7-15-6-16-18/h1-3,6-7H,4-5H2,(H2,14,17). The van der Waals surface area contributed by atoms with Crippen LogP contribution in [0, 0.1) is 0 Å². The topological polar surface area (TPSA) is 78.3 Å². The Bertz CT molecular complexity index is 570. The number of nitrogens with two attached hydrogens (primary N) is 1. The third-order valence-corrected chi connectivity index (χ3v) is 2.79. The zero-order valence-corrected chi connectivity index (χ0v) is 11.3. The van der Waals surface area contributed by atoms with Gasteiger partial charge in [0.15, 0.2) is 5.84 Å². The molecule has 1 heterocycles. The van der Waals surface area contributed by atoms with Crippen LogP contribution in [-0.2, 0) is 18.0 Å². The van der Waals surface area contributed by atoms with Crippen LogP contribution < -0.4 is 5.73 Å². The molecule has 100 valence electrons. The Hall–Kier alpha value is -1.79. The van der Waals surface area contributed by atoms with E-state index in [1.54, 1.807) is 24.5 Å². The van der Waals surface area contributed by atoms with Crippen molar-refractivity contribution in [1.82, 2.24) is 14.8 Å². The molecule has 0 radical (unpaired) electrons. The number of nitrogens with zero attached hydrogens (tertiary/aromatic N) is 4. The van der Waals surface area contributed by atoms with E-state index < -0.39 is 0 Å². The molecule has 1 aromatic heterocycles. The van der Waals surface area contributed by atoms with Crippen molar-refractivity contribution in [3.63, 3.8) is 0 Å². The minimum Gasteiger partial charge on any atom is -0.389 e. The first-order valence-corrected chi connectivity index (χ1v) is 6.11. The molecule has 1 aromatic carbocycles. The molecular formula is C11H11Cl2N5O. The minimum atomic E-state index is 0.216. The molecule has 2 rings (SSSR count). The number of amidine groups is 1. The van der Waals surface area contributed by atoms with Gasteiger partial charge in [-0.1, -0.05) is 34.4 Å². The summed E-state index contributed by atoms with van der Waals surface area (Å²) in [6.07, 6.45) is 2.96. The van der Waals surface area contributed by atoms with Crippen LogP contribution >= 0.6 is 23.2 Å². The van der Waals surface area contributed by atoms with Crippen molar-refractivity contribution in [3.05, 3.63) is 46.5 Å². The van der Waals surface area contributed by atoms with Gasteiger partial charge in [0.2, 0.25) is 0 Å². The molecule has 0 aliphatic heterocycles. The van der Waals surface area contributed by atoms with E-state index in [4.69, 9.17) is 33.8 Å². The second kappa shape index (κ2) is 6.40. The number of oxime groups is 1. The Morgan fingerprint density at radius 2 is 2.26 bits per heavy atom. The molecule has 0 saturated heterocycles. The van der Waals surface area contributed by atoms with E-state index in [1.165, 1.54) is 11.0 Å². The van der Waals surface area contributed by atoms with Crippen molar-refractivity contribution in [2.75, 3.05) is 0 Å². The van der Waals surface area contributed by atoms with Gasteiger partial charge in [0, 0.05) is 15.6 Å². The smallest absolute Gasteiger partial charge is 0.161 e. The average Bonchev–Trinajstić information content (AvgIpc) is 2.84. The molecular weight excluding hydrogens is 289 g/mol. The van der Waals surface area contributed by atoms with Gasteiger partial charge in [0.05, 0.1) is 0 Å². The second-order valence-corrected chi connectivity index (χ2v) is 4.53. The fourth-order valence-corrected chi connectivity index (χ4v) is 1.80. The minimum absolute atomic E-state index is 0.216. The van der Waals surface area contributed by atoms with Crippen molar-refractivity contribution >= 4 is 29.0 Å². The molecule has 19 heavy (non-hydrogen) atoms. The molecule has 0 aliphatic carbocycles. The number of hydrogen-bond acceptors (Lipinski definition) is 4. The largest absolute Gasteiger partial charge is 0.389 e. The summed E-state index contributed by atoms with van der Waals surface area (Å²) < 4.78 is 1.54. The van der Waals surface area contributed by atoms with Crippen LogP contribution in [0.3, 0.4) is 0 Å². The van der Waals surface area contributed by atoms with Gasteiger partial charge in [-0.3, -0.25) is 0 Å². The van der Waals surface area contributed by atoms with E-state index >= 15 is 0 Å². The zero-order valence-electron chi connectivity index (χ0n) is 9.83. The molecule has 0 fully saturated rings. The van der Waals surface area contributed by atoms with Crippen LogP contribution in [0.2, 0.25) is 10.0 Å². The summed E-state index contributed by atoms with van der Waals surface area (Å²) in [7, 11) is 0. The summed E-state index contributed by atoms with van der Waals surface area (Å²) in [5.41, 5.74) is 6.45. The van der Waals surface area contributed by atoms with E-state index in [0.29, 0.717) is 16.6 Å². The first kappa shape index (κ1) is 13.6. The fraction of sp³-hybridized carbons (Fsp3) is 0.182. The molecule has 2 aromatic rings. The number of hydrogen-bond donors (Lipinski definition) is 1. The quantitative estimate of drug-likeness (QED) is 0.521. The lowest BCUT2D eigenvalue weighted by atomic mass is 10.2. The predicted octanol–water partition coefficient (Wildman–Crippen LogP) is 2.07. The zero-order chi connectivity index (χ0) is 13.7. The van der Waals surface area contributed by atoms with Gasteiger partial charge >= 0.3 is 0 Å². The van der Waals surface area contributed by atoms with E-state index in [1.807, 2.05) is 0 Å². The summed E-state index contributed by atoms with van der Waals surface area (Å²) >= 11 is 11.8. The van der Waals surface area contributed by atoms with Gasteiger partial charge in [0.1, 0.15) is 25.8 Å². The van der Waals surface area contributed by atoms with Gasteiger partial charge in [-0.2, -0.15) is 5.10 Å². The highest BCUT2D eigenvalue weighted by Gasteiger charge is 2.02. The highest BCUT2D eigenvalue weighted by Crippen LogP contribution is 2.21. The third kappa shape index (κ3) is 4.11. The highest BCUT2D eigenvalue weighted by molar-refractivity contribution is 6.35. The third-order valence-electron chi connectivity index (χ3n) is 2.21. The second-order valence-electron chi connectivity index (χ2n) is 3.68.